The van der Waals surface area contributed by atoms with E-state index in [0.717, 1.165) is 18.1 Å². The molecule has 1 unspecified atom stereocenters. The normalized spacial score (nSPS) is 13.2. The summed E-state index contributed by atoms with van der Waals surface area (Å²) in [7, 11) is 1.74. The molecule has 7 heteroatoms. The fourth-order valence-corrected chi connectivity index (χ4v) is 2.26. The van der Waals surface area contributed by atoms with Gasteiger partial charge in [0.1, 0.15) is 0 Å². The van der Waals surface area contributed by atoms with Gasteiger partial charge >= 0.3 is 0 Å². The Kier molecular flexibility index (Phi) is 11.8. The molecule has 150 valence electrons. The van der Waals surface area contributed by atoms with Gasteiger partial charge in [-0.05, 0) is 31.7 Å². The van der Waals surface area contributed by atoms with E-state index in [4.69, 9.17) is 9.47 Å². The number of ether oxygens (including phenoxy) is 2. The van der Waals surface area contributed by atoms with Gasteiger partial charge in [-0.15, -0.1) is 24.0 Å². The molecule has 0 fully saturated rings. The van der Waals surface area contributed by atoms with E-state index in [1.807, 2.05) is 32.9 Å². The summed E-state index contributed by atoms with van der Waals surface area (Å²) in [5, 5.41) is 6.61. The van der Waals surface area contributed by atoms with Crippen molar-refractivity contribution in [2.24, 2.45) is 10.4 Å². The number of nitrogens with one attached hydrogen (secondary N) is 2. The first-order valence-electron chi connectivity index (χ1n) is 8.92. The third kappa shape index (κ3) is 9.56. The molecule has 0 saturated carbocycles. The van der Waals surface area contributed by atoms with Crippen molar-refractivity contribution in [1.29, 1.82) is 0 Å². The van der Waals surface area contributed by atoms with Gasteiger partial charge in [-0.3, -0.25) is 0 Å². The van der Waals surface area contributed by atoms with Crippen LogP contribution in [0.3, 0.4) is 0 Å². The molecule has 2 N–H and O–H groups in total. The van der Waals surface area contributed by atoms with Crippen LogP contribution in [0, 0.1) is 5.41 Å². The molecule has 0 radical (unpaired) electrons. The molecule has 0 aromatic carbocycles. The Hall–Kier alpha value is -1.09. The number of methoxy groups -OCH3 is 1. The van der Waals surface area contributed by atoms with E-state index in [-0.39, 0.29) is 41.6 Å². The smallest absolute Gasteiger partial charge is 0.213 e. The number of guanidine groups is 1. The van der Waals surface area contributed by atoms with Crippen LogP contribution in [0.15, 0.2) is 23.3 Å². The Balaban J connectivity index is 0.00000625. The molecule has 0 spiro atoms. The van der Waals surface area contributed by atoms with Gasteiger partial charge in [0.2, 0.25) is 5.88 Å². The summed E-state index contributed by atoms with van der Waals surface area (Å²) in [6, 6.07) is 3.87. The zero-order valence-electron chi connectivity index (χ0n) is 17.1. The molecule has 0 amide bonds. The maximum atomic E-state index is 5.58. The first-order chi connectivity index (χ1) is 11.8. The van der Waals surface area contributed by atoms with Crippen LogP contribution >= 0.6 is 24.0 Å². The second-order valence-corrected chi connectivity index (χ2v) is 7.34. The van der Waals surface area contributed by atoms with Crippen molar-refractivity contribution in [3.63, 3.8) is 0 Å². The number of nitrogens with zero attached hydrogens (tertiary/aromatic N) is 2. The van der Waals surface area contributed by atoms with Crippen molar-refractivity contribution in [1.82, 2.24) is 15.6 Å². The lowest BCUT2D eigenvalue weighted by atomic mass is 9.89. The van der Waals surface area contributed by atoms with Crippen molar-refractivity contribution in [3.8, 4) is 5.88 Å². The fraction of sp³-hybridized carbons (Fsp3) is 0.684. The standard InChI is InChI=1S/C19H34N4O2.HI/c1-8-20-18(23-13-16(24-7)19(4,5)6)22-12-15-9-10-17(21-11-15)25-14(2)3;/h9-11,14,16H,8,12-13H2,1-7H3,(H2,20,22,23);1H. The first kappa shape index (κ1) is 24.9. The molecular weight excluding hydrogens is 443 g/mol. The summed E-state index contributed by atoms with van der Waals surface area (Å²) in [4.78, 5) is 8.93. The Morgan fingerprint density at radius 3 is 2.38 bits per heavy atom. The molecule has 26 heavy (non-hydrogen) atoms. The highest BCUT2D eigenvalue weighted by Crippen LogP contribution is 2.20. The van der Waals surface area contributed by atoms with Crippen LogP contribution in [0.1, 0.15) is 47.1 Å². The quantitative estimate of drug-likeness (QED) is 0.340. The van der Waals surface area contributed by atoms with Gasteiger partial charge in [0.05, 0.1) is 18.8 Å². The van der Waals surface area contributed by atoms with Gasteiger partial charge in [-0.1, -0.05) is 26.8 Å². The van der Waals surface area contributed by atoms with Crippen LogP contribution in [-0.4, -0.2) is 43.4 Å². The molecule has 1 atom stereocenters. The van der Waals surface area contributed by atoms with Crippen LogP contribution in [0.4, 0.5) is 0 Å². The molecule has 1 aromatic rings. The SMILES string of the molecule is CCNC(=NCc1ccc(OC(C)C)nc1)NCC(OC)C(C)(C)C.I. The minimum absolute atomic E-state index is 0. The molecule has 0 aliphatic heterocycles. The zero-order valence-corrected chi connectivity index (χ0v) is 19.5. The van der Waals surface area contributed by atoms with Gasteiger partial charge in [-0.2, -0.15) is 0 Å². The number of halogens is 1. The third-order valence-corrected chi connectivity index (χ3v) is 3.62. The monoisotopic (exact) mass is 478 g/mol. The molecule has 1 rings (SSSR count). The molecule has 0 aliphatic rings. The highest BCUT2D eigenvalue weighted by molar-refractivity contribution is 14.0. The summed E-state index contributed by atoms with van der Waals surface area (Å²) in [5.41, 5.74) is 1.10. The first-order valence-corrected chi connectivity index (χ1v) is 8.92. The highest BCUT2D eigenvalue weighted by Gasteiger charge is 2.24. The van der Waals surface area contributed by atoms with Crippen molar-refractivity contribution >= 4 is 29.9 Å². The van der Waals surface area contributed by atoms with Crippen molar-refractivity contribution in [2.45, 2.75) is 60.3 Å². The van der Waals surface area contributed by atoms with E-state index in [1.165, 1.54) is 0 Å². The predicted molar refractivity (Wildman–Crippen MR) is 118 cm³/mol. The van der Waals surface area contributed by atoms with Crippen LogP contribution in [0.25, 0.3) is 0 Å². The molecule has 6 nitrogen and oxygen atoms in total. The Morgan fingerprint density at radius 2 is 1.92 bits per heavy atom. The summed E-state index contributed by atoms with van der Waals surface area (Å²) < 4.78 is 11.1. The summed E-state index contributed by atoms with van der Waals surface area (Å²) in [6.07, 6.45) is 2.03. The predicted octanol–water partition coefficient (Wildman–Crippen LogP) is 3.60. The number of hydrogen-bond donors (Lipinski definition) is 2. The number of pyridine rings is 1. The number of hydrogen-bond acceptors (Lipinski definition) is 4. The lowest BCUT2D eigenvalue weighted by molar-refractivity contribution is 0.0205. The van der Waals surface area contributed by atoms with E-state index < -0.39 is 0 Å². The van der Waals surface area contributed by atoms with Crippen LogP contribution < -0.4 is 15.4 Å². The molecule has 1 aromatic heterocycles. The highest BCUT2D eigenvalue weighted by atomic mass is 127. The van der Waals surface area contributed by atoms with E-state index in [0.29, 0.717) is 19.0 Å². The van der Waals surface area contributed by atoms with Gasteiger partial charge in [-0.25, -0.2) is 9.98 Å². The van der Waals surface area contributed by atoms with Crippen LogP contribution in [-0.2, 0) is 11.3 Å². The maximum Gasteiger partial charge on any atom is 0.213 e. The number of aromatic nitrogens is 1. The van der Waals surface area contributed by atoms with Gasteiger partial charge in [0.25, 0.3) is 0 Å². The Bertz CT molecular complexity index is 527. The fourth-order valence-electron chi connectivity index (χ4n) is 2.26. The summed E-state index contributed by atoms with van der Waals surface area (Å²) >= 11 is 0. The minimum Gasteiger partial charge on any atom is -0.475 e. The van der Waals surface area contributed by atoms with E-state index >= 15 is 0 Å². The number of rotatable bonds is 8. The molecular formula is C19H35IN4O2. The van der Waals surface area contributed by atoms with Crippen LogP contribution in [0.2, 0.25) is 0 Å². The average Bonchev–Trinajstić information content (AvgIpc) is 2.52. The maximum absolute atomic E-state index is 5.58. The molecule has 0 saturated heterocycles. The minimum atomic E-state index is 0. The van der Waals surface area contributed by atoms with E-state index in [2.05, 4.69) is 41.4 Å². The second kappa shape index (κ2) is 12.3. The van der Waals surface area contributed by atoms with Crippen molar-refractivity contribution in [3.05, 3.63) is 23.9 Å². The summed E-state index contributed by atoms with van der Waals surface area (Å²) in [5.74, 6) is 1.41. The van der Waals surface area contributed by atoms with E-state index in [1.54, 1.807) is 13.3 Å². The van der Waals surface area contributed by atoms with Crippen molar-refractivity contribution in [2.75, 3.05) is 20.2 Å². The van der Waals surface area contributed by atoms with Gasteiger partial charge in [0, 0.05) is 32.5 Å². The molecule has 0 bridgehead atoms. The van der Waals surface area contributed by atoms with Gasteiger partial charge < -0.3 is 20.1 Å². The van der Waals surface area contributed by atoms with Crippen molar-refractivity contribution < 1.29 is 9.47 Å². The van der Waals surface area contributed by atoms with Gasteiger partial charge in [0.15, 0.2) is 5.96 Å². The lowest BCUT2D eigenvalue weighted by Gasteiger charge is -2.30. The largest absolute Gasteiger partial charge is 0.475 e. The Labute approximate surface area is 175 Å². The molecule has 0 aliphatic carbocycles. The second-order valence-electron chi connectivity index (χ2n) is 7.34. The molecule has 1 heterocycles. The lowest BCUT2D eigenvalue weighted by Crippen LogP contribution is -2.45. The van der Waals surface area contributed by atoms with Crippen LogP contribution in [0.5, 0.6) is 5.88 Å². The Morgan fingerprint density at radius 1 is 1.23 bits per heavy atom. The topological polar surface area (TPSA) is 67.8 Å². The van der Waals surface area contributed by atoms with E-state index in [9.17, 15) is 0 Å². The third-order valence-electron chi connectivity index (χ3n) is 3.62. The average molecular weight is 478 g/mol. The summed E-state index contributed by atoms with van der Waals surface area (Å²) in [6.45, 7) is 14.6. The number of aliphatic imine (C=N–C) groups is 1. The zero-order chi connectivity index (χ0) is 18.9.